The summed E-state index contributed by atoms with van der Waals surface area (Å²) in [6.07, 6.45) is 0.924. The third kappa shape index (κ3) is 5.72. The van der Waals surface area contributed by atoms with Crippen LogP contribution in [0.3, 0.4) is 0 Å². The average Bonchev–Trinajstić information content (AvgIpc) is 2.44. The highest BCUT2D eigenvalue weighted by molar-refractivity contribution is 6.01. The van der Waals surface area contributed by atoms with Crippen molar-refractivity contribution in [3.63, 3.8) is 0 Å². The summed E-state index contributed by atoms with van der Waals surface area (Å²) in [7, 11) is 0. The maximum atomic E-state index is 13.4. The zero-order valence-electron chi connectivity index (χ0n) is 12.4. The summed E-state index contributed by atoms with van der Waals surface area (Å²) in [5.74, 6) is -1.42. The SMILES string of the molecule is CC[C@H](C)NC(=O)C/C(C)=N\NC(=O)c1ccccc1F. The van der Waals surface area contributed by atoms with Gasteiger partial charge in [0.15, 0.2) is 0 Å². The van der Waals surface area contributed by atoms with E-state index in [4.69, 9.17) is 0 Å². The lowest BCUT2D eigenvalue weighted by Crippen LogP contribution is -2.33. The van der Waals surface area contributed by atoms with Gasteiger partial charge in [0, 0.05) is 11.8 Å². The van der Waals surface area contributed by atoms with E-state index in [1.165, 1.54) is 18.2 Å². The molecule has 1 rings (SSSR count). The monoisotopic (exact) mass is 293 g/mol. The van der Waals surface area contributed by atoms with E-state index in [0.29, 0.717) is 5.71 Å². The lowest BCUT2D eigenvalue weighted by Gasteiger charge is -2.11. The summed E-state index contributed by atoms with van der Waals surface area (Å²) < 4.78 is 13.4. The zero-order chi connectivity index (χ0) is 15.8. The van der Waals surface area contributed by atoms with Gasteiger partial charge in [0.1, 0.15) is 5.82 Å². The summed E-state index contributed by atoms with van der Waals surface area (Å²) >= 11 is 0. The van der Waals surface area contributed by atoms with Crippen LogP contribution in [0.2, 0.25) is 0 Å². The van der Waals surface area contributed by atoms with Crippen molar-refractivity contribution < 1.29 is 14.0 Å². The Labute approximate surface area is 123 Å². The summed E-state index contributed by atoms with van der Waals surface area (Å²) in [6, 6.07) is 5.72. The van der Waals surface area contributed by atoms with Gasteiger partial charge in [-0.3, -0.25) is 9.59 Å². The first kappa shape index (κ1) is 16.8. The van der Waals surface area contributed by atoms with E-state index in [9.17, 15) is 14.0 Å². The van der Waals surface area contributed by atoms with Crippen LogP contribution in [0.5, 0.6) is 0 Å². The van der Waals surface area contributed by atoms with Gasteiger partial charge in [-0.05, 0) is 32.4 Å². The number of nitrogens with one attached hydrogen (secondary N) is 2. The first-order valence-corrected chi connectivity index (χ1v) is 6.81. The van der Waals surface area contributed by atoms with E-state index in [0.717, 1.165) is 6.42 Å². The lowest BCUT2D eigenvalue weighted by atomic mass is 10.2. The van der Waals surface area contributed by atoms with E-state index in [1.54, 1.807) is 13.0 Å². The highest BCUT2D eigenvalue weighted by Gasteiger charge is 2.11. The highest BCUT2D eigenvalue weighted by Crippen LogP contribution is 2.05. The minimum absolute atomic E-state index is 0.0851. The van der Waals surface area contributed by atoms with Crippen molar-refractivity contribution in [3.8, 4) is 0 Å². The first-order chi connectivity index (χ1) is 9.93. The maximum absolute atomic E-state index is 13.4. The van der Waals surface area contributed by atoms with Crippen molar-refractivity contribution in [1.82, 2.24) is 10.7 Å². The van der Waals surface area contributed by atoms with Crippen molar-refractivity contribution >= 4 is 17.5 Å². The number of benzene rings is 1. The normalized spacial score (nSPS) is 12.7. The van der Waals surface area contributed by atoms with Gasteiger partial charge < -0.3 is 5.32 Å². The van der Waals surface area contributed by atoms with Gasteiger partial charge >= 0.3 is 0 Å². The molecule has 0 saturated heterocycles. The molecule has 0 heterocycles. The molecule has 1 aromatic rings. The number of hydrazone groups is 1. The van der Waals surface area contributed by atoms with Crippen molar-refractivity contribution in [2.45, 2.75) is 39.7 Å². The van der Waals surface area contributed by atoms with Gasteiger partial charge in [-0.2, -0.15) is 5.10 Å². The number of rotatable bonds is 6. The minimum Gasteiger partial charge on any atom is -0.353 e. The Balaban J connectivity index is 2.54. The largest absolute Gasteiger partial charge is 0.353 e. The van der Waals surface area contributed by atoms with E-state index in [2.05, 4.69) is 15.8 Å². The van der Waals surface area contributed by atoms with Crippen LogP contribution < -0.4 is 10.7 Å². The van der Waals surface area contributed by atoms with Crippen LogP contribution in [-0.2, 0) is 4.79 Å². The topological polar surface area (TPSA) is 70.6 Å². The Morgan fingerprint density at radius 2 is 2.00 bits per heavy atom. The fourth-order valence-corrected chi connectivity index (χ4v) is 1.55. The van der Waals surface area contributed by atoms with Crippen LogP contribution in [0.15, 0.2) is 29.4 Å². The average molecular weight is 293 g/mol. The lowest BCUT2D eigenvalue weighted by molar-refractivity contribution is -0.120. The second kappa shape index (κ2) is 8.14. The van der Waals surface area contributed by atoms with Crippen LogP contribution in [0, 0.1) is 5.82 Å². The van der Waals surface area contributed by atoms with Crippen LogP contribution in [0.1, 0.15) is 44.0 Å². The van der Waals surface area contributed by atoms with Crippen LogP contribution in [-0.4, -0.2) is 23.6 Å². The molecule has 0 aromatic heterocycles. The Morgan fingerprint density at radius 3 is 2.62 bits per heavy atom. The van der Waals surface area contributed by atoms with Gasteiger partial charge in [-0.15, -0.1) is 0 Å². The molecule has 0 aliphatic heterocycles. The van der Waals surface area contributed by atoms with E-state index in [-0.39, 0.29) is 23.9 Å². The van der Waals surface area contributed by atoms with E-state index >= 15 is 0 Å². The molecule has 1 atom stereocenters. The number of hydrogen-bond acceptors (Lipinski definition) is 3. The molecule has 0 aliphatic rings. The molecule has 1 aromatic carbocycles. The number of halogens is 1. The number of hydrogen-bond donors (Lipinski definition) is 2. The zero-order valence-corrected chi connectivity index (χ0v) is 12.4. The van der Waals surface area contributed by atoms with Gasteiger partial charge in [0.25, 0.3) is 5.91 Å². The number of amides is 2. The molecule has 0 fully saturated rings. The van der Waals surface area contributed by atoms with Gasteiger partial charge in [-0.1, -0.05) is 19.1 Å². The quantitative estimate of drug-likeness (QED) is 0.623. The minimum atomic E-state index is -0.644. The molecular weight excluding hydrogens is 273 g/mol. The molecule has 0 bridgehead atoms. The number of nitrogens with zero attached hydrogens (tertiary/aromatic N) is 1. The Bertz CT molecular complexity index is 543. The van der Waals surface area contributed by atoms with Crippen molar-refractivity contribution in [1.29, 1.82) is 0 Å². The molecule has 2 N–H and O–H groups in total. The molecule has 0 saturated carbocycles. The fraction of sp³-hybridized carbons (Fsp3) is 0.400. The third-order valence-corrected chi connectivity index (χ3v) is 2.90. The smallest absolute Gasteiger partial charge is 0.274 e. The molecule has 0 spiro atoms. The summed E-state index contributed by atoms with van der Waals surface area (Å²) in [5, 5.41) is 6.60. The standard InChI is InChI=1S/C15H20FN3O2/c1-4-10(2)17-14(20)9-11(3)18-19-15(21)12-7-5-6-8-13(12)16/h5-8,10H,4,9H2,1-3H3,(H,17,20)(H,19,21)/b18-11-/t10-/m0/s1. The Kier molecular flexibility index (Phi) is 6.52. The van der Waals surface area contributed by atoms with Crippen molar-refractivity contribution in [2.75, 3.05) is 0 Å². The van der Waals surface area contributed by atoms with Crippen LogP contribution >= 0.6 is 0 Å². The summed E-state index contributed by atoms with van der Waals surface area (Å²) in [6.45, 7) is 5.50. The van der Waals surface area contributed by atoms with E-state index < -0.39 is 11.7 Å². The predicted molar refractivity (Wildman–Crippen MR) is 79.5 cm³/mol. The number of carbonyl (C=O) groups excluding carboxylic acids is 2. The van der Waals surface area contributed by atoms with Crippen molar-refractivity contribution in [3.05, 3.63) is 35.6 Å². The van der Waals surface area contributed by atoms with Gasteiger partial charge in [0.05, 0.1) is 12.0 Å². The predicted octanol–water partition coefficient (Wildman–Crippen LogP) is 2.24. The van der Waals surface area contributed by atoms with Crippen LogP contribution in [0.4, 0.5) is 4.39 Å². The van der Waals surface area contributed by atoms with E-state index in [1.807, 2.05) is 13.8 Å². The molecular formula is C15H20FN3O2. The molecule has 5 nitrogen and oxygen atoms in total. The van der Waals surface area contributed by atoms with Gasteiger partial charge in [-0.25, -0.2) is 9.82 Å². The number of carbonyl (C=O) groups is 2. The molecule has 21 heavy (non-hydrogen) atoms. The highest BCUT2D eigenvalue weighted by atomic mass is 19.1. The summed E-state index contributed by atoms with van der Waals surface area (Å²) in [4.78, 5) is 23.3. The maximum Gasteiger partial charge on any atom is 0.274 e. The molecule has 2 amide bonds. The Morgan fingerprint density at radius 1 is 1.33 bits per heavy atom. The second-order valence-electron chi connectivity index (χ2n) is 4.82. The summed E-state index contributed by atoms with van der Waals surface area (Å²) in [5.41, 5.74) is 2.60. The molecule has 6 heteroatoms. The van der Waals surface area contributed by atoms with Gasteiger partial charge in [0.2, 0.25) is 5.91 Å². The molecule has 0 unspecified atom stereocenters. The van der Waals surface area contributed by atoms with Crippen LogP contribution in [0.25, 0.3) is 0 Å². The molecule has 0 radical (unpaired) electrons. The molecule has 114 valence electrons. The van der Waals surface area contributed by atoms with Crippen molar-refractivity contribution in [2.24, 2.45) is 5.10 Å². The third-order valence-electron chi connectivity index (χ3n) is 2.90. The Hall–Kier alpha value is -2.24. The second-order valence-corrected chi connectivity index (χ2v) is 4.82. The fourth-order valence-electron chi connectivity index (χ4n) is 1.55. The molecule has 0 aliphatic carbocycles. The first-order valence-electron chi connectivity index (χ1n) is 6.81.